The molecule has 3 N–H and O–H groups in total. The van der Waals surface area contributed by atoms with Gasteiger partial charge >= 0.3 is 0 Å². The monoisotopic (exact) mass is 268 g/mol. The molecule has 0 radical (unpaired) electrons. The second kappa shape index (κ2) is 6.71. The molecule has 110 valence electrons. The van der Waals surface area contributed by atoms with Gasteiger partial charge in [-0.25, -0.2) is 0 Å². The molecule has 0 saturated heterocycles. The molecule has 0 aromatic carbocycles. The number of hydrogen-bond donors (Lipinski definition) is 2. The Hall–Kier alpha value is -0.610. The number of hydrogen-bond acceptors (Lipinski definition) is 3. The molecule has 0 aromatic rings. The van der Waals surface area contributed by atoms with Gasteiger partial charge in [0.15, 0.2) is 0 Å². The molecular formula is C15H28N2O2. The van der Waals surface area contributed by atoms with Crippen LogP contribution in [0.2, 0.25) is 0 Å². The van der Waals surface area contributed by atoms with Crippen molar-refractivity contribution in [2.24, 2.45) is 5.73 Å². The molecule has 2 aliphatic rings. The average Bonchev–Trinajstić information content (AvgIpc) is 2.67. The van der Waals surface area contributed by atoms with Crippen LogP contribution in [0, 0.1) is 0 Å². The molecule has 2 fully saturated rings. The Bertz CT molecular complexity index is 301. The minimum atomic E-state index is -0.637. The van der Waals surface area contributed by atoms with Gasteiger partial charge in [0, 0.05) is 13.2 Å². The zero-order valence-electron chi connectivity index (χ0n) is 12.1. The summed E-state index contributed by atoms with van der Waals surface area (Å²) >= 11 is 0. The molecule has 0 aromatic heterocycles. The third-order valence-corrected chi connectivity index (χ3v) is 4.88. The van der Waals surface area contributed by atoms with E-state index in [0.717, 1.165) is 38.5 Å². The van der Waals surface area contributed by atoms with Gasteiger partial charge in [0.2, 0.25) is 5.91 Å². The van der Waals surface area contributed by atoms with Crippen LogP contribution in [0.4, 0.5) is 0 Å². The first-order valence-corrected chi connectivity index (χ1v) is 7.79. The Kier molecular flexibility index (Phi) is 5.22. The third kappa shape index (κ3) is 3.29. The van der Waals surface area contributed by atoms with Crippen molar-refractivity contribution < 1.29 is 9.53 Å². The second-order valence-electron chi connectivity index (χ2n) is 6.14. The van der Waals surface area contributed by atoms with E-state index in [-0.39, 0.29) is 12.0 Å². The van der Waals surface area contributed by atoms with Crippen LogP contribution in [0.5, 0.6) is 0 Å². The lowest BCUT2D eigenvalue weighted by molar-refractivity contribution is -0.134. The quantitative estimate of drug-likeness (QED) is 0.768. The molecule has 2 rings (SSSR count). The van der Waals surface area contributed by atoms with E-state index in [1.807, 2.05) is 0 Å². The molecule has 2 saturated carbocycles. The lowest BCUT2D eigenvalue weighted by Crippen LogP contribution is -2.66. The van der Waals surface area contributed by atoms with E-state index in [9.17, 15) is 4.79 Å². The van der Waals surface area contributed by atoms with E-state index in [2.05, 4.69) is 5.32 Å². The Labute approximate surface area is 116 Å². The molecule has 19 heavy (non-hydrogen) atoms. The molecule has 0 aliphatic heterocycles. The summed E-state index contributed by atoms with van der Waals surface area (Å²) in [6.07, 6.45) is 11.3. The SMILES string of the molecule is COC1CCCCC1(NC1CCCCCC1)C(N)=O. The predicted octanol–water partition coefficient (Wildman–Crippen LogP) is 2.11. The first-order valence-electron chi connectivity index (χ1n) is 7.79. The maximum absolute atomic E-state index is 12.1. The van der Waals surface area contributed by atoms with Crippen molar-refractivity contribution >= 4 is 5.91 Å². The number of amides is 1. The first kappa shape index (κ1) is 14.8. The highest BCUT2D eigenvalue weighted by Gasteiger charge is 2.47. The summed E-state index contributed by atoms with van der Waals surface area (Å²) in [5.74, 6) is -0.233. The molecule has 0 bridgehead atoms. The summed E-state index contributed by atoms with van der Waals surface area (Å²) < 4.78 is 5.58. The van der Waals surface area contributed by atoms with Crippen LogP contribution < -0.4 is 11.1 Å². The van der Waals surface area contributed by atoms with Gasteiger partial charge in [-0.1, -0.05) is 38.5 Å². The van der Waals surface area contributed by atoms with E-state index >= 15 is 0 Å². The molecule has 4 nitrogen and oxygen atoms in total. The second-order valence-corrected chi connectivity index (χ2v) is 6.14. The van der Waals surface area contributed by atoms with Crippen LogP contribution in [0.15, 0.2) is 0 Å². The molecule has 0 heterocycles. The van der Waals surface area contributed by atoms with Gasteiger partial charge in [-0.2, -0.15) is 0 Å². The summed E-state index contributed by atoms with van der Waals surface area (Å²) in [6.45, 7) is 0. The van der Waals surface area contributed by atoms with E-state index in [0.29, 0.717) is 6.04 Å². The van der Waals surface area contributed by atoms with Crippen LogP contribution in [0.1, 0.15) is 64.2 Å². The maximum atomic E-state index is 12.1. The topological polar surface area (TPSA) is 64.3 Å². The Balaban J connectivity index is 2.10. The van der Waals surface area contributed by atoms with Crippen LogP contribution in [-0.4, -0.2) is 30.7 Å². The van der Waals surface area contributed by atoms with E-state index in [1.54, 1.807) is 7.11 Å². The van der Waals surface area contributed by atoms with Gasteiger partial charge in [0.1, 0.15) is 5.54 Å². The molecular weight excluding hydrogens is 240 g/mol. The van der Waals surface area contributed by atoms with E-state index < -0.39 is 5.54 Å². The zero-order chi connectivity index (χ0) is 13.7. The minimum absolute atomic E-state index is 0.0676. The fraction of sp³-hybridized carbons (Fsp3) is 0.933. The molecule has 2 aliphatic carbocycles. The summed E-state index contributed by atoms with van der Waals surface area (Å²) in [5, 5.41) is 3.61. The first-order chi connectivity index (χ1) is 9.19. The summed E-state index contributed by atoms with van der Waals surface area (Å²) in [5.41, 5.74) is 5.11. The van der Waals surface area contributed by atoms with Gasteiger partial charge in [-0.05, 0) is 25.7 Å². The maximum Gasteiger partial charge on any atom is 0.240 e. The third-order valence-electron chi connectivity index (χ3n) is 4.88. The number of nitrogens with one attached hydrogen (secondary N) is 1. The van der Waals surface area contributed by atoms with Crippen molar-refractivity contribution in [3.8, 4) is 0 Å². The van der Waals surface area contributed by atoms with Crippen molar-refractivity contribution in [2.45, 2.75) is 81.9 Å². The summed E-state index contributed by atoms with van der Waals surface area (Å²) in [6, 6.07) is 0.422. The standard InChI is InChI=1S/C15H28N2O2/c1-19-13-10-6-7-11-15(13,14(16)18)17-12-8-4-2-3-5-9-12/h12-13,17H,2-11H2,1H3,(H2,16,18). The lowest BCUT2D eigenvalue weighted by atomic mass is 9.77. The molecule has 2 unspecified atom stereocenters. The largest absolute Gasteiger partial charge is 0.379 e. The molecule has 4 heteroatoms. The minimum Gasteiger partial charge on any atom is -0.379 e. The van der Waals surface area contributed by atoms with Crippen LogP contribution >= 0.6 is 0 Å². The van der Waals surface area contributed by atoms with Crippen molar-refractivity contribution in [3.05, 3.63) is 0 Å². The number of carbonyl (C=O) groups excluding carboxylic acids is 1. The van der Waals surface area contributed by atoms with Crippen LogP contribution in [0.3, 0.4) is 0 Å². The molecule has 0 spiro atoms. The van der Waals surface area contributed by atoms with Gasteiger partial charge < -0.3 is 10.5 Å². The fourth-order valence-corrected chi connectivity index (χ4v) is 3.77. The number of rotatable bonds is 4. The average molecular weight is 268 g/mol. The van der Waals surface area contributed by atoms with Gasteiger partial charge in [0.05, 0.1) is 6.10 Å². The Morgan fingerprint density at radius 1 is 1.11 bits per heavy atom. The van der Waals surface area contributed by atoms with Crippen molar-refractivity contribution in [3.63, 3.8) is 0 Å². The smallest absolute Gasteiger partial charge is 0.240 e. The number of primary amides is 1. The number of nitrogens with two attached hydrogens (primary N) is 1. The van der Waals surface area contributed by atoms with Crippen molar-refractivity contribution in [1.82, 2.24) is 5.32 Å². The highest BCUT2D eigenvalue weighted by molar-refractivity contribution is 5.85. The molecule has 2 atom stereocenters. The summed E-state index contributed by atoms with van der Waals surface area (Å²) in [4.78, 5) is 12.1. The number of methoxy groups -OCH3 is 1. The summed E-state index contributed by atoms with van der Waals surface area (Å²) in [7, 11) is 1.70. The van der Waals surface area contributed by atoms with E-state index in [4.69, 9.17) is 10.5 Å². The highest BCUT2D eigenvalue weighted by Crippen LogP contribution is 2.32. The van der Waals surface area contributed by atoms with Crippen LogP contribution in [-0.2, 0) is 9.53 Å². The van der Waals surface area contributed by atoms with E-state index in [1.165, 1.54) is 25.7 Å². The zero-order valence-corrected chi connectivity index (χ0v) is 12.1. The fourth-order valence-electron chi connectivity index (χ4n) is 3.77. The van der Waals surface area contributed by atoms with Gasteiger partial charge in [-0.15, -0.1) is 0 Å². The van der Waals surface area contributed by atoms with Gasteiger partial charge in [-0.3, -0.25) is 10.1 Å². The normalized spacial score (nSPS) is 33.8. The predicted molar refractivity (Wildman–Crippen MR) is 75.8 cm³/mol. The highest BCUT2D eigenvalue weighted by atomic mass is 16.5. The van der Waals surface area contributed by atoms with Crippen molar-refractivity contribution in [2.75, 3.05) is 7.11 Å². The van der Waals surface area contributed by atoms with Gasteiger partial charge in [0.25, 0.3) is 0 Å². The molecule has 1 amide bonds. The van der Waals surface area contributed by atoms with Crippen LogP contribution in [0.25, 0.3) is 0 Å². The lowest BCUT2D eigenvalue weighted by Gasteiger charge is -2.43. The number of ether oxygens (including phenoxy) is 1. The van der Waals surface area contributed by atoms with Crippen molar-refractivity contribution in [1.29, 1.82) is 0 Å². The number of carbonyl (C=O) groups is 1. The Morgan fingerprint density at radius 2 is 1.74 bits per heavy atom. The Morgan fingerprint density at radius 3 is 2.32 bits per heavy atom.